The number of nitriles is 1. The number of hydrogen-bond acceptors (Lipinski definition) is 5. The Kier molecular flexibility index (Phi) is 4.60. The number of methoxy groups -OCH3 is 1. The molecule has 5 nitrogen and oxygen atoms in total. The van der Waals surface area contributed by atoms with Crippen LogP contribution in [0.15, 0.2) is 12.1 Å². The molecule has 5 heteroatoms. The first-order chi connectivity index (χ1) is 10.7. The summed E-state index contributed by atoms with van der Waals surface area (Å²) in [6, 6.07) is 6.65. The molecule has 3 aliphatic rings. The van der Waals surface area contributed by atoms with Crippen molar-refractivity contribution >= 4 is 5.82 Å². The van der Waals surface area contributed by atoms with Gasteiger partial charge in [-0.1, -0.05) is 0 Å². The summed E-state index contributed by atoms with van der Waals surface area (Å²) in [4.78, 5) is 9.54. The summed E-state index contributed by atoms with van der Waals surface area (Å²) in [5.74, 6) is 1.53. The monoisotopic (exact) mass is 300 g/mol. The third-order valence-corrected chi connectivity index (χ3v) is 4.84. The zero-order chi connectivity index (χ0) is 15.5. The van der Waals surface area contributed by atoms with Gasteiger partial charge >= 0.3 is 0 Å². The van der Waals surface area contributed by atoms with Gasteiger partial charge in [-0.05, 0) is 37.8 Å². The Balaban J connectivity index is 1.83. The molecular formula is C17H24N4O. The Labute approximate surface area is 132 Å². The highest BCUT2D eigenvalue weighted by atomic mass is 16.5. The van der Waals surface area contributed by atoms with Crippen LogP contribution in [0.3, 0.4) is 0 Å². The molecule has 0 N–H and O–H groups in total. The molecular weight excluding hydrogens is 276 g/mol. The van der Waals surface area contributed by atoms with Crippen LogP contribution in [0.4, 0.5) is 5.82 Å². The number of piperidine rings is 1. The van der Waals surface area contributed by atoms with Gasteiger partial charge in [-0.2, -0.15) is 5.26 Å². The van der Waals surface area contributed by atoms with Crippen LogP contribution in [0, 0.1) is 24.2 Å². The number of pyridine rings is 1. The molecule has 0 unspecified atom stereocenters. The summed E-state index contributed by atoms with van der Waals surface area (Å²) in [6.45, 7) is 6.88. The topological polar surface area (TPSA) is 52.4 Å². The molecule has 0 aliphatic carbocycles. The molecule has 22 heavy (non-hydrogen) atoms. The summed E-state index contributed by atoms with van der Waals surface area (Å²) in [5, 5.41) is 9.38. The fourth-order valence-electron chi connectivity index (χ4n) is 3.71. The Morgan fingerprint density at radius 1 is 1.32 bits per heavy atom. The highest BCUT2D eigenvalue weighted by molar-refractivity contribution is 5.54. The summed E-state index contributed by atoms with van der Waals surface area (Å²) >= 11 is 0. The predicted molar refractivity (Wildman–Crippen MR) is 85.9 cm³/mol. The quantitative estimate of drug-likeness (QED) is 0.849. The number of hydrogen-bond donors (Lipinski definition) is 0. The first-order valence-electron chi connectivity index (χ1n) is 8.07. The number of nitrogens with zero attached hydrogens (tertiary/aromatic N) is 4. The van der Waals surface area contributed by atoms with Gasteiger partial charge in [0.15, 0.2) is 0 Å². The molecule has 0 saturated carbocycles. The van der Waals surface area contributed by atoms with Gasteiger partial charge < -0.3 is 9.64 Å². The van der Waals surface area contributed by atoms with E-state index in [1.54, 1.807) is 7.11 Å². The number of ether oxygens (including phenoxy) is 1. The third kappa shape index (κ3) is 3.08. The smallest absolute Gasteiger partial charge is 0.146 e. The molecule has 4 heterocycles. The van der Waals surface area contributed by atoms with E-state index in [2.05, 4.69) is 20.9 Å². The van der Waals surface area contributed by atoms with Crippen molar-refractivity contribution in [3.05, 3.63) is 23.4 Å². The van der Waals surface area contributed by atoms with E-state index in [0.29, 0.717) is 17.5 Å². The molecule has 0 radical (unpaired) electrons. The van der Waals surface area contributed by atoms with Crippen LogP contribution in [0.1, 0.15) is 24.1 Å². The third-order valence-electron chi connectivity index (χ3n) is 4.84. The average Bonchev–Trinajstić information content (AvgIpc) is 2.84. The maximum Gasteiger partial charge on any atom is 0.146 e. The lowest BCUT2D eigenvalue weighted by atomic mass is 9.95. The molecule has 3 aliphatic heterocycles. The first kappa shape index (κ1) is 15.3. The minimum absolute atomic E-state index is 0.544. The molecule has 3 fully saturated rings. The van der Waals surface area contributed by atoms with Gasteiger partial charge in [0.25, 0.3) is 0 Å². The second-order valence-corrected chi connectivity index (χ2v) is 6.43. The summed E-state index contributed by atoms with van der Waals surface area (Å²) in [5.41, 5.74) is 1.66. The van der Waals surface area contributed by atoms with Crippen molar-refractivity contribution in [3.8, 4) is 6.07 Å². The molecule has 118 valence electrons. The largest absolute Gasteiger partial charge is 0.383 e. The lowest BCUT2D eigenvalue weighted by Gasteiger charge is -2.35. The van der Waals surface area contributed by atoms with Crippen molar-refractivity contribution in [1.82, 2.24) is 9.88 Å². The number of anilines is 1. The molecule has 0 amide bonds. The van der Waals surface area contributed by atoms with E-state index in [-0.39, 0.29) is 0 Å². The Morgan fingerprint density at radius 3 is 2.95 bits per heavy atom. The zero-order valence-corrected chi connectivity index (χ0v) is 13.5. The van der Waals surface area contributed by atoms with Crippen molar-refractivity contribution in [2.75, 3.05) is 44.8 Å². The van der Waals surface area contributed by atoms with Crippen LogP contribution in [0.5, 0.6) is 0 Å². The molecule has 1 aromatic heterocycles. The SMILES string of the molecule is COCCN1C[C@H]2CC[C@@H]1CN(c1nc(C)ccc1C#N)C2. The molecule has 0 spiro atoms. The van der Waals surface area contributed by atoms with Gasteiger partial charge in [0.1, 0.15) is 11.9 Å². The Morgan fingerprint density at radius 2 is 2.18 bits per heavy atom. The van der Waals surface area contributed by atoms with Crippen molar-refractivity contribution in [1.29, 1.82) is 5.26 Å². The number of rotatable bonds is 4. The molecule has 2 atom stereocenters. The van der Waals surface area contributed by atoms with Gasteiger partial charge in [0.2, 0.25) is 0 Å². The maximum absolute atomic E-state index is 9.38. The van der Waals surface area contributed by atoms with Crippen LogP contribution in [-0.2, 0) is 4.74 Å². The predicted octanol–water partition coefficient (Wildman–Crippen LogP) is 1.81. The van der Waals surface area contributed by atoms with Crippen molar-refractivity contribution in [2.24, 2.45) is 5.92 Å². The second kappa shape index (κ2) is 6.64. The lowest BCUT2D eigenvalue weighted by Crippen LogP contribution is -2.45. The summed E-state index contributed by atoms with van der Waals surface area (Å²) in [6.07, 6.45) is 2.51. The fourth-order valence-corrected chi connectivity index (χ4v) is 3.71. The maximum atomic E-state index is 9.38. The number of aromatic nitrogens is 1. The standard InChI is InChI=1S/C17H24N4O/c1-13-3-5-15(9-18)17(19-13)21-11-14-4-6-16(12-21)20(10-14)7-8-22-2/h3,5,14,16H,4,6-8,10-12H2,1-2H3/t14-,16-/m1/s1. The van der Waals surface area contributed by atoms with Gasteiger partial charge in [0.05, 0.1) is 12.2 Å². The molecule has 1 aromatic rings. The summed E-state index contributed by atoms with van der Waals surface area (Å²) < 4.78 is 5.25. The Hall–Kier alpha value is -1.64. The van der Waals surface area contributed by atoms with Crippen LogP contribution in [-0.4, -0.2) is 55.8 Å². The molecule has 4 rings (SSSR count). The molecule has 3 saturated heterocycles. The van der Waals surface area contributed by atoms with E-state index < -0.39 is 0 Å². The van der Waals surface area contributed by atoms with Gasteiger partial charge in [-0.25, -0.2) is 4.98 Å². The minimum atomic E-state index is 0.544. The van der Waals surface area contributed by atoms with E-state index in [4.69, 9.17) is 4.74 Å². The van der Waals surface area contributed by atoms with Crippen molar-refractivity contribution in [2.45, 2.75) is 25.8 Å². The second-order valence-electron chi connectivity index (χ2n) is 6.43. The van der Waals surface area contributed by atoms with E-state index in [1.165, 1.54) is 12.8 Å². The summed E-state index contributed by atoms with van der Waals surface area (Å²) in [7, 11) is 1.76. The van der Waals surface area contributed by atoms with E-state index in [0.717, 1.165) is 44.3 Å². The van der Waals surface area contributed by atoms with Crippen LogP contribution >= 0.6 is 0 Å². The average molecular weight is 300 g/mol. The van der Waals surface area contributed by atoms with Crippen molar-refractivity contribution in [3.63, 3.8) is 0 Å². The highest BCUT2D eigenvalue weighted by Crippen LogP contribution is 2.31. The lowest BCUT2D eigenvalue weighted by molar-refractivity contribution is 0.0889. The molecule has 0 aromatic carbocycles. The minimum Gasteiger partial charge on any atom is -0.383 e. The van der Waals surface area contributed by atoms with Gasteiger partial charge in [-0.3, -0.25) is 4.90 Å². The van der Waals surface area contributed by atoms with Crippen LogP contribution < -0.4 is 4.90 Å². The van der Waals surface area contributed by atoms with E-state index in [1.807, 2.05) is 19.1 Å². The van der Waals surface area contributed by atoms with E-state index in [9.17, 15) is 5.26 Å². The zero-order valence-electron chi connectivity index (χ0n) is 13.5. The molecule has 2 bridgehead atoms. The highest BCUT2D eigenvalue weighted by Gasteiger charge is 2.35. The van der Waals surface area contributed by atoms with Gasteiger partial charge in [0, 0.05) is 45.0 Å². The van der Waals surface area contributed by atoms with Crippen LogP contribution in [0.25, 0.3) is 0 Å². The number of aryl methyl sites for hydroxylation is 1. The van der Waals surface area contributed by atoms with E-state index >= 15 is 0 Å². The van der Waals surface area contributed by atoms with Crippen molar-refractivity contribution < 1.29 is 4.74 Å². The first-order valence-corrected chi connectivity index (χ1v) is 8.07. The van der Waals surface area contributed by atoms with Gasteiger partial charge in [-0.15, -0.1) is 0 Å². The Bertz CT molecular complexity index is 568. The number of fused-ring (bicyclic) bond motifs is 4. The normalized spacial score (nSPS) is 25.0. The van der Waals surface area contributed by atoms with Crippen LogP contribution in [0.2, 0.25) is 0 Å². The fraction of sp³-hybridized carbons (Fsp3) is 0.647.